The molecule has 0 radical (unpaired) electrons. The lowest BCUT2D eigenvalue weighted by molar-refractivity contribution is 0.544. The summed E-state index contributed by atoms with van der Waals surface area (Å²) in [6, 6.07) is 11.8. The van der Waals surface area contributed by atoms with E-state index >= 15 is 0 Å². The molecular formula is C24H16Cl2N6O. The smallest absolute Gasteiger partial charge is 0.200 e. The molecule has 0 fully saturated rings. The summed E-state index contributed by atoms with van der Waals surface area (Å²) in [5.74, 6) is 1.23. The van der Waals surface area contributed by atoms with Crippen molar-refractivity contribution in [1.82, 2.24) is 24.9 Å². The number of aromatic nitrogens is 5. The molecular weight excluding hydrogens is 459 g/mol. The van der Waals surface area contributed by atoms with Gasteiger partial charge < -0.3 is 14.7 Å². The summed E-state index contributed by atoms with van der Waals surface area (Å²) in [6.45, 7) is 0.519. The number of nitrogens with one attached hydrogen (secondary N) is 2. The predicted molar refractivity (Wildman–Crippen MR) is 130 cm³/mol. The maximum Gasteiger partial charge on any atom is 0.200 e. The Morgan fingerprint density at radius 3 is 2.82 bits per heavy atom. The maximum absolute atomic E-state index is 6.21. The molecule has 5 aromatic heterocycles. The Bertz CT molecular complexity index is 1640. The first kappa shape index (κ1) is 20.0. The van der Waals surface area contributed by atoms with E-state index in [1.54, 1.807) is 24.8 Å². The predicted octanol–water partition coefficient (Wildman–Crippen LogP) is 6.16. The maximum atomic E-state index is 6.21. The molecule has 33 heavy (non-hydrogen) atoms. The van der Waals surface area contributed by atoms with Gasteiger partial charge in [-0.2, -0.15) is 0 Å². The van der Waals surface area contributed by atoms with Gasteiger partial charge in [-0.15, -0.1) is 0 Å². The first-order valence-corrected chi connectivity index (χ1v) is 11.0. The molecule has 6 rings (SSSR count). The van der Waals surface area contributed by atoms with Crippen molar-refractivity contribution in [3.63, 3.8) is 0 Å². The number of oxazole rings is 1. The zero-order valence-corrected chi connectivity index (χ0v) is 18.7. The molecule has 7 nitrogen and oxygen atoms in total. The summed E-state index contributed by atoms with van der Waals surface area (Å²) in [6.07, 6.45) is 7.44. The summed E-state index contributed by atoms with van der Waals surface area (Å²) in [5, 5.41) is 6.44. The van der Waals surface area contributed by atoms with Gasteiger partial charge >= 0.3 is 0 Å². The molecule has 0 unspecified atom stereocenters. The molecule has 162 valence electrons. The molecule has 9 heteroatoms. The fourth-order valence-electron chi connectivity index (χ4n) is 3.84. The molecule has 0 aliphatic heterocycles. The number of fused-ring (bicyclic) bond motifs is 3. The fourth-order valence-corrected chi connectivity index (χ4v) is 4.20. The number of H-pyrrole nitrogens is 1. The second-order valence-corrected chi connectivity index (χ2v) is 8.55. The van der Waals surface area contributed by atoms with E-state index < -0.39 is 0 Å². The number of benzene rings is 1. The van der Waals surface area contributed by atoms with E-state index in [1.165, 1.54) is 0 Å². The standard InChI is InChI=1S/C24H16Cl2N6O/c25-16-8-15-5-13(1-2-19(15)28-11-16)7-21-32-20-3-4-27-24(22(20)33-21)30-10-14-6-17-18(26)12-31-23(17)29-9-14/h1-6,8-9,11-12H,7,10H2,(H,27,30)(H,29,31). The number of hydrogen-bond acceptors (Lipinski definition) is 6. The highest BCUT2D eigenvalue weighted by Crippen LogP contribution is 2.26. The summed E-state index contributed by atoms with van der Waals surface area (Å²) >= 11 is 12.3. The molecule has 0 amide bonds. The van der Waals surface area contributed by atoms with Crippen LogP contribution in [0.5, 0.6) is 0 Å². The SMILES string of the molecule is Clc1cnc2ccc(Cc3nc4ccnc(NCc5cnc6[nH]cc(Cl)c6c5)c4o3)cc2c1. The minimum atomic E-state index is 0.519. The third-order valence-corrected chi connectivity index (χ3v) is 5.93. The van der Waals surface area contributed by atoms with Crippen LogP contribution in [0, 0.1) is 0 Å². The first-order chi connectivity index (χ1) is 16.1. The van der Waals surface area contributed by atoms with Crippen molar-refractivity contribution < 1.29 is 4.42 Å². The number of pyridine rings is 3. The summed E-state index contributed by atoms with van der Waals surface area (Å²) < 4.78 is 6.08. The van der Waals surface area contributed by atoms with Crippen LogP contribution in [-0.2, 0) is 13.0 Å². The van der Waals surface area contributed by atoms with Crippen LogP contribution in [0.25, 0.3) is 33.0 Å². The van der Waals surface area contributed by atoms with Crippen LogP contribution in [0.1, 0.15) is 17.0 Å². The Balaban J connectivity index is 1.25. The summed E-state index contributed by atoms with van der Waals surface area (Å²) in [4.78, 5) is 20.9. The third kappa shape index (κ3) is 3.86. The molecule has 5 heterocycles. The molecule has 0 bridgehead atoms. The molecule has 6 aromatic rings. The van der Waals surface area contributed by atoms with Crippen LogP contribution < -0.4 is 5.32 Å². The van der Waals surface area contributed by atoms with Gasteiger partial charge in [0.1, 0.15) is 11.2 Å². The Hall–Kier alpha value is -3.68. The van der Waals surface area contributed by atoms with Crippen LogP contribution in [0.15, 0.2) is 65.6 Å². The number of anilines is 1. The van der Waals surface area contributed by atoms with E-state index in [9.17, 15) is 0 Å². The van der Waals surface area contributed by atoms with E-state index in [2.05, 4.69) is 36.3 Å². The summed E-state index contributed by atoms with van der Waals surface area (Å²) in [7, 11) is 0. The molecule has 0 aliphatic rings. The highest BCUT2D eigenvalue weighted by Gasteiger charge is 2.13. The van der Waals surface area contributed by atoms with Crippen molar-refractivity contribution in [3.8, 4) is 0 Å². The van der Waals surface area contributed by atoms with Crippen LogP contribution in [-0.4, -0.2) is 24.9 Å². The van der Waals surface area contributed by atoms with Crippen LogP contribution in [0.3, 0.4) is 0 Å². The monoisotopic (exact) mass is 474 g/mol. The average molecular weight is 475 g/mol. The van der Waals surface area contributed by atoms with Gasteiger partial charge in [0.2, 0.25) is 0 Å². The molecule has 0 saturated carbocycles. The lowest BCUT2D eigenvalue weighted by Crippen LogP contribution is -2.02. The molecule has 2 N–H and O–H groups in total. The largest absolute Gasteiger partial charge is 0.436 e. The second kappa shape index (κ2) is 8.03. The molecule has 0 aliphatic carbocycles. The van der Waals surface area contributed by atoms with Gasteiger partial charge in [-0.05, 0) is 41.5 Å². The van der Waals surface area contributed by atoms with E-state index in [-0.39, 0.29) is 0 Å². The van der Waals surface area contributed by atoms with Crippen molar-refractivity contribution >= 4 is 62.1 Å². The zero-order chi connectivity index (χ0) is 22.4. The van der Waals surface area contributed by atoms with Crippen molar-refractivity contribution in [2.24, 2.45) is 0 Å². The van der Waals surface area contributed by atoms with Crippen molar-refractivity contribution in [1.29, 1.82) is 0 Å². The van der Waals surface area contributed by atoms with E-state index in [0.29, 0.717) is 40.3 Å². The Labute approximate surface area is 197 Å². The Morgan fingerprint density at radius 1 is 0.939 bits per heavy atom. The highest BCUT2D eigenvalue weighted by molar-refractivity contribution is 6.35. The number of nitrogens with zero attached hydrogens (tertiary/aromatic N) is 4. The molecule has 1 aromatic carbocycles. The Kier molecular flexibility index (Phi) is 4.86. The third-order valence-electron chi connectivity index (χ3n) is 5.41. The number of aromatic amines is 1. The highest BCUT2D eigenvalue weighted by atomic mass is 35.5. The number of rotatable bonds is 5. The van der Waals surface area contributed by atoms with Gasteiger partial charge in [0.05, 0.1) is 15.6 Å². The van der Waals surface area contributed by atoms with Gasteiger partial charge in [-0.25, -0.2) is 15.0 Å². The minimum Gasteiger partial charge on any atom is -0.436 e. The van der Waals surface area contributed by atoms with Crippen molar-refractivity contribution in [2.75, 3.05) is 5.32 Å². The van der Waals surface area contributed by atoms with Gasteiger partial charge in [-0.1, -0.05) is 29.3 Å². The Morgan fingerprint density at radius 2 is 1.88 bits per heavy atom. The second-order valence-electron chi connectivity index (χ2n) is 7.70. The zero-order valence-electron chi connectivity index (χ0n) is 17.1. The normalized spacial score (nSPS) is 11.6. The summed E-state index contributed by atoms with van der Waals surface area (Å²) in [5.41, 5.74) is 5.05. The lowest BCUT2D eigenvalue weighted by Gasteiger charge is -2.05. The van der Waals surface area contributed by atoms with Gasteiger partial charge in [0.25, 0.3) is 0 Å². The lowest BCUT2D eigenvalue weighted by atomic mass is 10.1. The molecule has 0 atom stereocenters. The average Bonchev–Trinajstić information content (AvgIpc) is 3.40. The number of hydrogen-bond donors (Lipinski definition) is 2. The topological polar surface area (TPSA) is 92.5 Å². The fraction of sp³-hybridized carbons (Fsp3) is 0.0833. The quantitative estimate of drug-likeness (QED) is 0.310. The molecule has 0 spiro atoms. The van der Waals surface area contributed by atoms with Crippen LogP contribution >= 0.6 is 23.2 Å². The van der Waals surface area contributed by atoms with Crippen molar-refractivity contribution in [3.05, 3.63) is 88.2 Å². The molecule has 0 saturated heterocycles. The van der Waals surface area contributed by atoms with Crippen LogP contribution in [0.2, 0.25) is 10.0 Å². The first-order valence-electron chi connectivity index (χ1n) is 10.3. The minimum absolute atomic E-state index is 0.519. The van der Waals surface area contributed by atoms with E-state index in [4.69, 9.17) is 27.6 Å². The van der Waals surface area contributed by atoms with Gasteiger partial charge in [0, 0.05) is 48.5 Å². The van der Waals surface area contributed by atoms with E-state index in [0.717, 1.165) is 38.6 Å². The van der Waals surface area contributed by atoms with Crippen molar-refractivity contribution in [2.45, 2.75) is 13.0 Å². The van der Waals surface area contributed by atoms with Gasteiger partial charge in [-0.3, -0.25) is 4.98 Å². The number of halogens is 2. The van der Waals surface area contributed by atoms with Gasteiger partial charge in [0.15, 0.2) is 17.3 Å². The van der Waals surface area contributed by atoms with Crippen LogP contribution in [0.4, 0.5) is 5.82 Å². The van der Waals surface area contributed by atoms with E-state index in [1.807, 2.05) is 30.3 Å².